The maximum absolute atomic E-state index is 12.1. The molecule has 0 unspecified atom stereocenters. The Balaban J connectivity index is 1.86. The molecule has 0 aromatic heterocycles. The highest BCUT2D eigenvalue weighted by molar-refractivity contribution is 5.94. The fourth-order valence-electron chi connectivity index (χ4n) is 2.22. The lowest BCUT2D eigenvalue weighted by Crippen LogP contribution is -2.37. The van der Waals surface area contributed by atoms with Crippen LogP contribution in [0, 0.1) is 0 Å². The third-order valence-electron chi connectivity index (χ3n) is 3.73. The van der Waals surface area contributed by atoms with Crippen molar-refractivity contribution in [2.24, 2.45) is 0 Å². The molecule has 0 spiro atoms. The molecule has 0 saturated heterocycles. The van der Waals surface area contributed by atoms with Gasteiger partial charge in [-0.1, -0.05) is 49.4 Å². The molecule has 1 amide bonds. The van der Waals surface area contributed by atoms with Crippen molar-refractivity contribution in [3.05, 3.63) is 65.7 Å². The Morgan fingerprint density at radius 3 is 2.33 bits per heavy atom. The number of rotatable bonds is 6. The molecule has 5 heteroatoms. The summed E-state index contributed by atoms with van der Waals surface area (Å²) in [6, 6.07) is 15.9. The van der Waals surface area contributed by atoms with E-state index in [1.165, 1.54) is 19.1 Å². The number of hydrogen-bond acceptors (Lipinski definition) is 4. The molecule has 24 heavy (non-hydrogen) atoms. The Bertz CT molecular complexity index is 700. The molecule has 5 nitrogen and oxygen atoms in total. The lowest BCUT2D eigenvalue weighted by atomic mass is 10.0. The van der Waals surface area contributed by atoms with Crippen molar-refractivity contribution in [2.75, 3.05) is 6.54 Å². The summed E-state index contributed by atoms with van der Waals surface area (Å²) in [4.78, 5) is 24.1. The number of amides is 1. The monoisotopic (exact) mass is 327 g/mol. The SMILES string of the molecule is C[C@H](CNC(=O)[C@@H](C)OC(=O)c1ccccc1O)c1ccccc1. The normalized spacial score (nSPS) is 12.9. The minimum Gasteiger partial charge on any atom is -0.507 e. The van der Waals surface area contributed by atoms with Gasteiger partial charge in [-0.2, -0.15) is 0 Å². The molecule has 2 atom stereocenters. The molecule has 0 aliphatic heterocycles. The van der Waals surface area contributed by atoms with Gasteiger partial charge >= 0.3 is 5.97 Å². The average Bonchev–Trinajstić information content (AvgIpc) is 2.60. The summed E-state index contributed by atoms with van der Waals surface area (Å²) in [5, 5.41) is 12.4. The first-order valence-corrected chi connectivity index (χ1v) is 7.80. The van der Waals surface area contributed by atoms with Gasteiger partial charge in [0.05, 0.1) is 0 Å². The molecule has 0 aliphatic rings. The molecule has 0 radical (unpaired) electrons. The quantitative estimate of drug-likeness (QED) is 0.800. The van der Waals surface area contributed by atoms with Crippen LogP contribution in [0.5, 0.6) is 5.75 Å². The molecule has 2 rings (SSSR count). The van der Waals surface area contributed by atoms with Gasteiger partial charge in [0.25, 0.3) is 5.91 Å². The lowest BCUT2D eigenvalue weighted by Gasteiger charge is -2.17. The maximum Gasteiger partial charge on any atom is 0.342 e. The first-order chi connectivity index (χ1) is 11.5. The number of nitrogens with one attached hydrogen (secondary N) is 1. The minimum absolute atomic E-state index is 0.0369. The number of ether oxygens (including phenoxy) is 1. The van der Waals surface area contributed by atoms with Crippen LogP contribution in [0.25, 0.3) is 0 Å². The average molecular weight is 327 g/mol. The third kappa shape index (κ3) is 4.59. The first-order valence-electron chi connectivity index (χ1n) is 7.80. The Morgan fingerprint density at radius 1 is 1.04 bits per heavy atom. The van der Waals surface area contributed by atoms with E-state index in [0.29, 0.717) is 6.54 Å². The second-order valence-corrected chi connectivity index (χ2v) is 5.62. The van der Waals surface area contributed by atoms with E-state index in [2.05, 4.69) is 5.32 Å². The highest BCUT2D eigenvalue weighted by atomic mass is 16.5. The summed E-state index contributed by atoms with van der Waals surface area (Å²) < 4.78 is 5.11. The van der Waals surface area contributed by atoms with Crippen molar-refractivity contribution in [1.82, 2.24) is 5.32 Å². The number of esters is 1. The largest absolute Gasteiger partial charge is 0.507 e. The van der Waals surface area contributed by atoms with Crippen LogP contribution in [0.15, 0.2) is 54.6 Å². The number of hydrogen-bond donors (Lipinski definition) is 2. The van der Waals surface area contributed by atoms with Crippen molar-refractivity contribution in [3.63, 3.8) is 0 Å². The molecule has 126 valence electrons. The van der Waals surface area contributed by atoms with E-state index < -0.39 is 12.1 Å². The van der Waals surface area contributed by atoms with E-state index in [0.717, 1.165) is 5.56 Å². The lowest BCUT2D eigenvalue weighted by molar-refractivity contribution is -0.129. The zero-order valence-electron chi connectivity index (χ0n) is 13.7. The predicted molar refractivity (Wildman–Crippen MR) is 90.9 cm³/mol. The van der Waals surface area contributed by atoms with E-state index in [9.17, 15) is 14.7 Å². The van der Waals surface area contributed by atoms with Gasteiger partial charge in [-0.3, -0.25) is 4.79 Å². The fraction of sp³-hybridized carbons (Fsp3) is 0.263. The molecular formula is C19H21NO4. The van der Waals surface area contributed by atoms with Crippen LogP contribution < -0.4 is 5.32 Å². The van der Waals surface area contributed by atoms with Crippen molar-refractivity contribution < 1.29 is 19.4 Å². The molecule has 0 aliphatic carbocycles. The number of aromatic hydroxyl groups is 1. The maximum atomic E-state index is 12.1. The second kappa shape index (κ2) is 8.15. The summed E-state index contributed by atoms with van der Waals surface area (Å²) in [6.07, 6.45) is -0.944. The molecule has 0 fully saturated rings. The van der Waals surface area contributed by atoms with Gasteiger partial charge in [-0.25, -0.2) is 4.79 Å². The van der Waals surface area contributed by atoms with Crippen LogP contribution in [0.2, 0.25) is 0 Å². The number of carbonyl (C=O) groups is 2. The number of carbonyl (C=O) groups excluding carboxylic acids is 2. The van der Waals surface area contributed by atoms with Crippen LogP contribution in [0.4, 0.5) is 0 Å². The highest BCUT2D eigenvalue weighted by Gasteiger charge is 2.21. The van der Waals surface area contributed by atoms with Gasteiger partial charge in [0.15, 0.2) is 6.10 Å². The smallest absolute Gasteiger partial charge is 0.342 e. The predicted octanol–water partition coefficient (Wildman–Crippen LogP) is 2.86. The van der Waals surface area contributed by atoms with Crippen molar-refractivity contribution in [1.29, 1.82) is 0 Å². The summed E-state index contributed by atoms with van der Waals surface area (Å²) in [7, 11) is 0. The van der Waals surface area contributed by atoms with Gasteiger partial charge in [0.2, 0.25) is 0 Å². The van der Waals surface area contributed by atoms with Gasteiger partial charge in [-0.15, -0.1) is 0 Å². The molecule has 0 heterocycles. The zero-order valence-corrected chi connectivity index (χ0v) is 13.7. The molecule has 2 N–H and O–H groups in total. The van der Waals surface area contributed by atoms with Crippen LogP contribution in [0.3, 0.4) is 0 Å². The van der Waals surface area contributed by atoms with E-state index in [1.54, 1.807) is 12.1 Å². The molecular weight excluding hydrogens is 306 g/mol. The summed E-state index contributed by atoms with van der Waals surface area (Å²) in [5.41, 5.74) is 1.16. The summed E-state index contributed by atoms with van der Waals surface area (Å²) in [5.74, 6) is -1.13. The number of para-hydroxylation sites is 1. The standard InChI is InChI=1S/C19H21NO4/c1-13(15-8-4-3-5-9-15)12-20-18(22)14(2)24-19(23)16-10-6-7-11-17(16)21/h3-11,13-14,21H,12H2,1-2H3,(H,20,22)/t13-,14-/m1/s1. The van der Waals surface area contributed by atoms with E-state index in [1.807, 2.05) is 37.3 Å². The van der Waals surface area contributed by atoms with E-state index in [4.69, 9.17) is 4.74 Å². The van der Waals surface area contributed by atoms with Crippen molar-refractivity contribution >= 4 is 11.9 Å². The molecule has 2 aromatic rings. The number of benzene rings is 2. The Labute approximate surface area is 141 Å². The highest BCUT2D eigenvalue weighted by Crippen LogP contribution is 2.17. The van der Waals surface area contributed by atoms with Gasteiger partial charge in [0.1, 0.15) is 11.3 Å². The van der Waals surface area contributed by atoms with Crippen molar-refractivity contribution in [3.8, 4) is 5.75 Å². The summed E-state index contributed by atoms with van der Waals surface area (Å²) >= 11 is 0. The Morgan fingerprint density at radius 2 is 1.67 bits per heavy atom. The minimum atomic E-state index is -0.944. The van der Waals surface area contributed by atoms with Gasteiger partial charge < -0.3 is 15.2 Å². The third-order valence-corrected chi connectivity index (χ3v) is 3.73. The molecule has 2 aromatic carbocycles. The van der Waals surface area contributed by atoms with E-state index >= 15 is 0 Å². The summed E-state index contributed by atoms with van der Waals surface area (Å²) in [6.45, 7) is 3.95. The topological polar surface area (TPSA) is 75.6 Å². The Kier molecular flexibility index (Phi) is 5.95. The fourth-order valence-corrected chi connectivity index (χ4v) is 2.22. The number of phenolic OH excluding ortho intramolecular Hbond substituents is 1. The number of phenols is 1. The van der Waals surface area contributed by atoms with Crippen LogP contribution in [0.1, 0.15) is 35.7 Å². The van der Waals surface area contributed by atoms with Gasteiger partial charge in [-0.05, 0) is 30.5 Å². The van der Waals surface area contributed by atoms with Crippen LogP contribution in [-0.4, -0.2) is 29.6 Å². The van der Waals surface area contributed by atoms with Gasteiger partial charge in [0, 0.05) is 6.54 Å². The molecule has 0 bridgehead atoms. The zero-order chi connectivity index (χ0) is 17.5. The Hall–Kier alpha value is -2.82. The second-order valence-electron chi connectivity index (χ2n) is 5.62. The van der Waals surface area contributed by atoms with Crippen LogP contribution in [-0.2, 0) is 9.53 Å². The molecule has 0 saturated carbocycles. The van der Waals surface area contributed by atoms with E-state index in [-0.39, 0.29) is 23.1 Å². The van der Waals surface area contributed by atoms with Crippen molar-refractivity contribution in [2.45, 2.75) is 25.9 Å². The first kappa shape index (κ1) is 17.5. The van der Waals surface area contributed by atoms with Crippen LogP contribution >= 0.6 is 0 Å².